The van der Waals surface area contributed by atoms with E-state index in [0.717, 1.165) is 0 Å². The van der Waals surface area contributed by atoms with Crippen molar-refractivity contribution in [1.82, 2.24) is 0 Å². The van der Waals surface area contributed by atoms with Gasteiger partial charge in [0, 0.05) is 0 Å². The number of carbonyl (C=O) groups excluding carboxylic acids is 1. The normalized spacial score (nSPS) is 16.3. The summed E-state index contributed by atoms with van der Waals surface area (Å²) in [5, 5.41) is -2.04. The van der Waals surface area contributed by atoms with Gasteiger partial charge in [0.05, 0.1) is 0 Å². The molecule has 0 saturated heterocycles. The van der Waals surface area contributed by atoms with Gasteiger partial charge >= 0.3 is 77.5 Å². The Hall–Kier alpha value is -2.25. The monoisotopic (exact) mass is 724 g/mol. The molecule has 0 rings (SSSR count). The molecule has 0 radical (unpaired) electrons. The molecule has 0 heterocycles. The highest BCUT2D eigenvalue weighted by atomic mass is 35.5. The summed E-state index contributed by atoms with van der Waals surface area (Å²) in [7, 11) is 0. The Kier molecular flexibility index (Phi) is 9.60. The Morgan fingerprint density at radius 1 is 0.395 bits per heavy atom. The quantitative estimate of drug-likeness (QED) is 0.114. The number of hydrogen-bond acceptors (Lipinski definition) is 2. The maximum atomic E-state index is 13.6. The van der Waals surface area contributed by atoms with Gasteiger partial charge in [-0.05, 0) is 0 Å². The van der Waals surface area contributed by atoms with Crippen LogP contribution in [0.15, 0.2) is 11.6 Å². The van der Waals surface area contributed by atoms with Crippen molar-refractivity contribution in [2.45, 2.75) is 71.5 Å². The topological polar surface area (TPSA) is 26.3 Å². The smallest absolute Gasteiger partial charge is 0.392 e. The van der Waals surface area contributed by atoms with Gasteiger partial charge in [0.1, 0.15) is 5.03 Å². The largest absolute Gasteiger partial charge is 0.473 e. The summed E-state index contributed by atoms with van der Waals surface area (Å²) >= 11 is 4.46. The molecule has 0 N–H and O–H groups in total. The molecular weight excluding hydrogens is 723 g/mol. The number of rotatable bonds is 12. The van der Waals surface area contributed by atoms with Gasteiger partial charge in [-0.1, -0.05) is 18.2 Å². The van der Waals surface area contributed by atoms with Crippen LogP contribution in [0, 0.1) is 0 Å². The summed E-state index contributed by atoms with van der Waals surface area (Å²) in [4.78, 5) is 10.7. The molecule has 28 heteroatoms. The third-order valence-electron chi connectivity index (χ3n) is 4.71. The molecule has 43 heavy (non-hydrogen) atoms. The summed E-state index contributed by atoms with van der Waals surface area (Å²) in [6, 6.07) is 0. The molecular formula is C15H2ClF25O2. The average Bonchev–Trinajstić information content (AvgIpc) is 2.76. The highest BCUT2D eigenvalue weighted by Gasteiger charge is 2.99. The molecule has 2 nitrogen and oxygen atoms in total. The Balaban J connectivity index is 7.33. The zero-order chi connectivity index (χ0) is 35.9. The fraction of sp³-hybridized carbons (Fsp3) is 0.800. The molecule has 0 aromatic heterocycles. The molecule has 0 aliphatic carbocycles. The van der Waals surface area contributed by atoms with Crippen molar-refractivity contribution in [2.75, 3.05) is 0 Å². The highest BCUT2D eigenvalue weighted by Crippen LogP contribution is 2.67. The van der Waals surface area contributed by atoms with Gasteiger partial charge < -0.3 is 4.74 Å². The zero-order valence-corrected chi connectivity index (χ0v) is 19.1. The van der Waals surface area contributed by atoms with E-state index < -0.39 is 82.5 Å². The van der Waals surface area contributed by atoms with Crippen LogP contribution in [0.25, 0.3) is 0 Å². The lowest BCUT2D eigenvalue weighted by atomic mass is 9.85. The number of esters is 1. The molecule has 0 unspecified atom stereocenters. The number of hydrogen-bond donors (Lipinski definition) is 0. The van der Waals surface area contributed by atoms with E-state index in [1.807, 2.05) is 0 Å². The van der Waals surface area contributed by atoms with Crippen LogP contribution in [0.2, 0.25) is 0 Å². The second-order valence-electron chi connectivity index (χ2n) is 7.55. The first-order chi connectivity index (χ1) is 18.1. The summed E-state index contributed by atoms with van der Waals surface area (Å²) in [5.74, 6) is -96.1. The van der Waals surface area contributed by atoms with E-state index in [-0.39, 0.29) is 0 Å². The Bertz CT molecular complexity index is 1080. The lowest BCUT2D eigenvalue weighted by molar-refractivity contribution is -0.487. The maximum absolute atomic E-state index is 13.6. The predicted octanol–water partition coefficient (Wildman–Crippen LogP) is 8.79. The Morgan fingerprint density at radius 2 is 0.581 bits per heavy atom. The zero-order valence-electron chi connectivity index (χ0n) is 18.4. The molecule has 0 aromatic carbocycles. The number of alkyl halides is 25. The molecule has 0 bridgehead atoms. The first kappa shape index (κ1) is 40.8. The van der Waals surface area contributed by atoms with Gasteiger partial charge in [-0.2, -0.15) is 110 Å². The SMILES string of the molecule is C=C(Cl)C(=O)OC(F)(F)C(F)(F)C(F)(F)C(F)(F)C(F)(F)C(F)(F)C(F)(F)C(F)(F)C(F)(F)C(F)(F)C(F)(F)C(F)(F)F. The molecule has 0 aromatic rings. The van der Waals surface area contributed by atoms with Crippen molar-refractivity contribution >= 4 is 17.6 Å². The van der Waals surface area contributed by atoms with Crippen molar-refractivity contribution in [3.05, 3.63) is 11.6 Å². The van der Waals surface area contributed by atoms with Crippen LogP contribution < -0.4 is 0 Å². The average molecular weight is 725 g/mol. The first-order valence-electron chi connectivity index (χ1n) is 8.88. The lowest BCUT2D eigenvalue weighted by Crippen LogP contribution is -2.78. The van der Waals surface area contributed by atoms with Crippen molar-refractivity contribution < 1.29 is 119 Å². The van der Waals surface area contributed by atoms with E-state index in [9.17, 15) is 115 Å². The van der Waals surface area contributed by atoms with E-state index in [4.69, 9.17) is 0 Å². The van der Waals surface area contributed by atoms with Crippen LogP contribution in [0.4, 0.5) is 110 Å². The minimum absolute atomic E-state index is 2.04. The van der Waals surface area contributed by atoms with Crippen molar-refractivity contribution in [3.8, 4) is 0 Å². The second kappa shape index (κ2) is 10.1. The van der Waals surface area contributed by atoms with Crippen LogP contribution >= 0.6 is 11.6 Å². The Labute approximate surface area is 221 Å². The number of halogens is 26. The third kappa shape index (κ3) is 5.07. The third-order valence-corrected chi connectivity index (χ3v) is 4.87. The van der Waals surface area contributed by atoms with E-state index in [2.05, 4.69) is 22.9 Å². The van der Waals surface area contributed by atoms with Crippen LogP contribution in [0.3, 0.4) is 0 Å². The summed E-state index contributed by atoms with van der Waals surface area (Å²) in [6.07, 6.45) is -15.9. The fourth-order valence-electron chi connectivity index (χ4n) is 2.17. The second-order valence-corrected chi connectivity index (χ2v) is 8.01. The lowest BCUT2D eigenvalue weighted by Gasteiger charge is -2.45. The van der Waals surface area contributed by atoms with Gasteiger partial charge in [-0.15, -0.1) is 0 Å². The van der Waals surface area contributed by atoms with E-state index in [1.54, 1.807) is 0 Å². The van der Waals surface area contributed by atoms with Crippen LogP contribution in [-0.2, 0) is 9.53 Å². The van der Waals surface area contributed by atoms with Gasteiger partial charge in [0.15, 0.2) is 0 Å². The standard InChI is InChI=1S/C15H2ClF25O2/c1-2(16)3(42)43-15(40,41)13(35,36)11(31,32)9(27,28)7(23,24)5(19,20)4(17,18)6(21,22)8(25,26)10(29,30)12(33,34)14(37,38)39/h1H2. The number of ether oxygens (including phenoxy) is 1. The molecule has 0 spiro atoms. The van der Waals surface area contributed by atoms with Crippen molar-refractivity contribution in [1.29, 1.82) is 0 Å². The molecule has 0 saturated carbocycles. The van der Waals surface area contributed by atoms with E-state index >= 15 is 0 Å². The van der Waals surface area contributed by atoms with E-state index in [0.29, 0.717) is 0 Å². The molecule has 0 aliphatic rings. The highest BCUT2D eigenvalue weighted by molar-refractivity contribution is 6.40. The predicted molar refractivity (Wildman–Crippen MR) is 81.6 cm³/mol. The molecule has 0 fully saturated rings. The van der Waals surface area contributed by atoms with Crippen molar-refractivity contribution in [2.24, 2.45) is 0 Å². The fourth-order valence-corrected chi connectivity index (χ4v) is 2.21. The van der Waals surface area contributed by atoms with Gasteiger partial charge in [-0.3, -0.25) is 0 Å². The minimum Gasteiger partial charge on any atom is -0.392 e. The van der Waals surface area contributed by atoms with Crippen LogP contribution in [0.1, 0.15) is 0 Å². The first-order valence-corrected chi connectivity index (χ1v) is 9.26. The van der Waals surface area contributed by atoms with Crippen LogP contribution in [-0.4, -0.2) is 77.5 Å². The maximum Gasteiger partial charge on any atom is 0.473 e. The molecule has 256 valence electrons. The molecule has 0 aliphatic heterocycles. The number of carbonyl (C=O) groups is 1. The van der Waals surface area contributed by atoms with Gasteiger partial charge in [0.25, 0.3) is 0 Å². The van der Waals surface area contributed by atoms with Crippen LogP contribution in [0.5, 0.6) is 0 Å². The van der Waals surface area contributed by atoms with Crippen molar-refractivity contribution in [3.63, 3.8) is 0 Å². The molecule has 0 amide bonds. The summed E-state index contributed by atoms with van der Waals surface area (Å²) in [5.41, 5.74) is 0. The minimum atomic E-state index is -9.68. The van der Waals surface area contributed by atoms with Gasteiger partial charge in [0.2, 0.25) is 0 Å². The van der Waals surface area contributed by atoms with E-state index in [1.165, 1.54) is 0 Å². The summed E-state index contributed by atoms with van der Waals surface area (Å²) in [6.45, 7) is 2.10. The Morgan fingerprint density at radius 3 is 0.767 bits per heavy atom. The molecule has 0 atom stereocenters. The summed E-state index contributed by atoms with van der Waals surface area (Å²) < 4.78 is 333. The van der Waals surface area contributed by atoms with Gasteiger partial charge in [-0.25, -0.2) is 4.79 Å².